The van der Waals surface area contributed by atoms with Crippen LogP contribution in [0.15, 0.2) is 24.5 Å². The van der Waals surface area contributed by atoms with Gasteiger partial charge in [0.1, 0.15) is 0 Å². The number of hydrogen-bond donors (Lipinski definition) is 0. The van der Waals surface area contributed by atoms with Crippen LogP contribution in [-0.4, -0.2) is 9.38 Å². The van der Waals surface area contributed by atoms with Crippen molar-refractivity contribution in [3.05, 3.63) is 35.2 Å². The number of hydrogen-bond acceptors (Lipinski definition) is 1. The lowest BCUT2D eigenvalue weighted by Gasteiger charge is -2.22. The molecule has 14 heavy (non-hydrogen) atoms. The maximum Gasteiger partial charge on any atom is 0.155 e. The zero-order valence-electron chi connectivity index (χ0n) is 7.78. The largest absolute Gasteiger partial charge is 0.306 e. The highest BCUT2D eigenvalue weighted by atomic mass is 35.5. The second-order valence-corrected chi connectivity index (χ2v) is 4.29. The summed E-state index contributed by atoms with van der Waals surface area (Å²) >= 11 is 6.05. The van der Waals surface area contributed by atoms with Crippen molar-refractivity contribution >= 4 is 17.2 Å². The maximum absolute atomic E-state index is 6.05. The number of pyridine rings is 1. The molecule has 2 nitrogen and oxygen atoms in total. The molecule has 0 spiro atoms. The number of nitrogens with zero attached hydrogens (tertiary/aromatic N) is 2. The molecule has 1 aliphatic carbocycles. The zero-order chi connectivity index (χ0) is 9.54. The van der Waals surface area contributed by atoms with E-state index in [1.165, 1.54) is 25.0 Å². The lowest BCUT2D eigenvalue weighted by molar-refractivity contribution is 0.412. The minimum absolute atomic E-state index is 0.672. The van der Waals surface area contributed by atoms with Gasteiger partial charge in [0.25, 0.3) is 0 Å². The summed E-state index contributed by atoms with van der Waals surface area (Å²) in [4.78, 5) is 4.57. The molecule has 1 saturated carbocycles. The Bertz CT molecular complexity index is 471. The van der Waals surface area contributed by atoms with Gasteiger partial charge in [-0.3, -0.25) is 0 Å². The molecule has 72 valence electrons. The average molecular weight is 207 g/mol. The van der Waals surface area contributed by atoms with Crippen molar-refractivity contribution in [1.29, 1.82) is 0 Å². The van der Waals surface area contributed by atoms with Gasteiger partial charge >= 0.3 is 0 Å². The predicted molar refractivity (Wildman–Crippen MR) is 56.8 cm³/mol. The van der Waals surface area contributed by atoms with Crippen LogP contribution in [0.5, 0.6) is 0 Å². The summed E-state index contributed by atoms with van der Waals surface area (Å²) in [6.07, 6.45) is 8.00. The van der Waals surface area contributed by atoms with E-state index in [4.69, 9.17) is 11.6 Å². The molecule has 0 aliphatic heterocycles. The van der Waals surface area contributed by atoms with Crippen molar-refractivity contribution in [1.82, 2.24) is 9.38 Å². The fourth-order valence-corrected chi connectivity index (χ4v) is 2.11. The summed E-state index contributed by atoms with van der Waals surface area (Å²) in [6.45, 7) is 0. The number of aromatic nitrogens is 2. The molecule has 2 aromatic heterocycles. The minimum atomic E-state index is 0.672. The van der Waals surface area contributed by atoms with Gasteiger partial charge in [0.05, 0.1) is 10.7 Å². The molecule has 0 saturated heterocycles. The first-order valence-electron chi connectivity index (χ1n) is 4.98. The van der Waals surface area contributed by atoms with Gasteiger partial charge < -0.3 is 4.40 Å². The first-order valence-corrected chi connectivity index (χ1v) is 5.35. The van der Waals surface area contributed by atoms with Crippen molar-refractivity contribution in [2.45, 2.75) is 25.2 Å². The monoisotopic (exact) mass is 206 g/mol. The quantitative estimate of drug-likeness (QED) is 0.700. The fourth-order valence-electron chi connectivity index (χ4n) is 1.90. The first kappa shape index (κ1) is 8.30. The van der Waals surface area contributed by atoms with Crippen molar-refractivity contribution in [3.63, 3.8) is 0 Å². The molecule has 2 heterocycles. The fraction of sp³-hybridized carbons (Fsp3) is 0.364. The van der Waals surface area contributed by atoms with E-state index in [-0.39, 0.29) is 0 Å². The lowest BCUT2D eigenvalue weighted by atomic mass is 9.83. The molecule has 1 fully saturated rings. The zero-order valence-corrected chi connectivity index (χ0v) is 8.54. The Hall–Kier alpha value is -1.02. The van der Waals surface area contributed by atoms with E-state index in [1.807, 2.05) is 22.7 Å². The van der Waals surface area contributed by atoms with Crippen molar-refractivity contribution in [2.75, 3.05) is 0 Å². The molecule has 0 aromatic carbocycles. The van der Waals surface area contributed by atoms with Crippen LogP contribution in [0.1, 0.15) is 30.9 Å². The van der Waals surface area contributed by atoms with Crippen LogP contribution < -0.4 is 0 Å². The van der Waals surface area contributed by atoms with E-state index < -0.39 is 0 Å². The molecule has 0 radical (unpaired) electrons. The third kappa shape index (κ3) is 1.14. The minimum Gasteiger partial charge on any atom is -0.306 e. The highest BCUT2D eigenvalue weighted by molar-refractivity contribution is 6.33. The molecular weight excluding hydrogens is 196 g/mol. The number of imidazole rings is 1. The third-order valence-corrected chi connectivity index (χ3v) is 3.27. The van der Waals surface area contributed by atoms with Crippen LogP contribution in [-0.2, 0) is 0 Å². The summed E-state index contributed by atoms with van der Waals surface area (Å²) in [5.74, 6) is 0.672. The Morgan fingerprint density at radius 3 is 2.93 bits per heavy atom. The Balaban J connectivity index is 2.15. The van der Waals surface area contributed by atoms with Crippen LogP contribution >= 0.6 is 11.6 Å². The summed E-state index contributed by atoms with van der Waals surface area (Å²) in [7, 11) is 0. The van der Waals surface area contributed by atoms with Gasteiger partial charge in [0.15, 0.2) is 5.65 Å². The molecule has 3 rings (SSSR count). The van der Waals surface area contributed by atoms with Gasteiger partial charge in [-0.05, 0) is 25.0 Å². The molecule has 3 heteroatoms. The lowest BCUT2D eigenvalue weighted by Crippen LogP contribution is -2.08. The average Bonchev–Trinajstić information content (AvgIpc) is 2.46. The molecule has 1 aliphatic rings. The predicted octanol–water partition coefficient (Wildman–Crippen LogP) is 3.26. The van der Waals surface area contributed by atoms with Gasteiger partial charge in [-0.15, -0.1) is 0 Å². The van der Waals surface area contributed by atoms with Crippen molar-refractivity contribution < 1.29 is 0 Å². The van der Waals surface area contributed by atoms with E-state index in [0.717, 1.165) is 10.7 Å². The Morgan fingerprint density at radius 1 is 1.43 bits per heavy atom. The summed E-state index contributed by atoms with van der Waals surface area (Å²) < 4.78 is 2.01. The molecule has 0 unspecified atom stereocenters. The summed E-state index contributed by atoms with van der Waals surface area (Å²) in [6, 6.07) is 3.83. The van der Waals surface area contributed by atoms with E-state index in [2.05, 4.69) is 11.2 Å². The van der Waals surface area contributed by atoms with Crippen LogP contribution in [0.25, 0.3) is 5.65 Å². The maximum atomic E-state index is 6.05. The standard InChI is InChI=1S/C11H11ClN2/c12-9-5-2-6-14-7-10(13-11(9)14)8-3-1-4-8/h2,5-8H,1,3-4H2. The SMILES string of the molecule is Clc1cccn2cc(C3CCC3)nc12. The third-order valence-electron chi connectivity index (χ3n) is 2.98. The summed E-state index contributed by atoms with van der Waals surface area (Å²) in [5, 5.41) is 0.734. The summed E-state index contributed by atoms with van der Waals surface area (Å²) in [5.41, 5.74) is 2.08. The highest BCUT2D eigenvalue weighted by Gasteiger charge is 2.22. The molecular formula is C11H11ClN2. The Labute approximate surface area is 87.5 Å². The number of rotatable bonds is 1. The topological polar surface area (TPSA) is 17.3 Å². The van der Waals surface area contributed by atoms with Crippen molar-refractivity contribution in [2.24, 2.45) is 0 Å². The van der Waals surface area contributed by atoms with Gasteiger partial charge in [0.2, 0.25) is 0 Å². The van der Waals surface area contributed by atoms with Gasteiger partial charge in [-0.25, -0.2) is 4.98 Å². The Morgan fingerprint density at radius 2 is 2.29 bits per heavy atom. The molecule has 0 N–H and O–H groups in total. The second kappa shape index (κ2) is 2.99. The molecule has 0 atom stereocenters. The van der Waals surface area contributed by atoms with Crippen LogP contribution in [0.3, 0.4) is 0 Å². The van der Waals surface area contributed by atoms with Gasteiger partial charge in [0, 0.05) is 18.3 Å². The van der Waals surface area contributed by atoms with Crippen LogP contribution in [0, 0.1) is 0 Å². The molecule has 2 aromatic rings. The normalized spacial score (nSPS) is 17.2. The number of halogens is 1. The van der Waals surface area contributed by atoms with E-state index in [1.54, 1.807) is 0 Å². The number of fused-ring (bicyclic) bond motifs is 1. The van der Waals surface area contributed by atoms with Gasteiger partial charge in [-0.2, -0.15) is 0 Å². The van der Waals surface area contributed by atoms with E-state index in [0.29, 0.717) is 5.92 Å². The second-order valence-electron chi connectivity index (χ2n) is 3.88. The van der Waals surface area contributed by atoms with Crippen molar-refractivity contribution in [3.8, 4) is 0 Å². The van der Waals surface area contributed by atoms with E-state index >= 15 is 0 Å². The smallest absolute Gasteiger partial charge is 0.155 e. The Kier molecular flexibility index (Phi) is 1.77. The van der Waals surface area contributed by atoms with Crippen LogP contribution in [0.4, 0.5) is 0 Å². The molecule has 0 bridgehead atoms. The first-order chi connectivity index (χ1) is 6.84. The highest BCUT2D eigenvalue weighted by Crippen LogP contribution is 2.36. The molecule has 0 amide bonds. The van der Waals surface area contributed by atoms with Gasteiger partial charge in [-0.1, -0.05) is 18.0 Å². The van der Waals surface area contributed by atoms with E-state index in [9.17, 15) is 0 Å². The van der Waals surface area contributed by atoms with Crippen LogP contribution in [0.2, 0.25) is 5.02 Å².